The summed E-state index contributed by atoms with van der Waals surface area (Å²) in [4.78, 5) is 0. The van der Waals surface area contributed by atoms with Crippen molar-refractivity contribution in [3.63, 3.8) is 0 Å². The maximum absolute atomic E-state index is 3.47. The van der Waals surface area contributed by atoms with Crippen molar-refractivity contribution in [2.24, 2.45) is 0 Å². The smallest absolute Gasteiger partial charge is 0.0181 e. The molecule has 0 heterocycles. The van der Waals surface area contributed by atoms with Gasteiger partial charge in [-0.2, -0.15) is 0 Å². The maximum Gasteiger partial charge on any atom is 0.0181 e. The van der Waals surface area contributed by atoms with E-state index in [1.165, 1.54) is 16.7 Å². The van der Waals surface area contributed by atoms with E-state index in [0.717, 1.165) is 4.47 Å². The molecule has 0 aliphatic rings. The molecule has 0 unspecified atom stereocenters. The quantitative estimate of drug-likeness (QED) is 0.625. The first-order valence-electron chi connectivity index (χ1n) is 5.08. The Labute approximate surface area is 106 Å². The third-order valence-electron chi connectivity index (χ3n) is 2.21. The molecule has 2 aromatic carbocycles. The van der Waals surface area contributed by atoms with Crippen molar-refractivity contribution in [1.82, 2.24) is 0 Å². The first kappa shape index (κ1) is 12.7. The zero-order valence-electron chi connectivity index (χ0n) is 9.41. The van der Waals surface area contributed by atoms with Gasteiger partial charge in [-0.25, -0.2) is 0 Å². The van der Waals surface area contributed by atoms with Crippen molar-refractivity contribution in [3.8, 4) is 11.1 Å². The van der Waals surface area contributed by atoms with Gasteiger partial charge < -0.3 is 0 Å². The summed E-state index contributed by atoms with van der Waals surface area (Å²) in [5.74, 6) is 0. The van der Waals surface area contributed by atoms with Gasteiger partial charge >= 0.3 is 0 Å². The van der Waals surface area contributed by atoms with E-state index >= 15 is 0 Å². The molecule has 0 aliphatic carbocycles. The van der Waals surface area contributed by atoms with E-state index in [4.69, 9.17) is 0 Å². The zero-order valence-corrected chi connectivity index (χ0v) is 11.0. The van der Waals surface area contributed by atoms with E-state index in [1.54, 1.807) is 0 Å². The Morgan fingerprint density at radius 3 is 2.06 bits per heavy atom. The van der Waals surface area contributed by atoms with Crippen LogP contribution in [0.25, 0.3) is 11.1 Å². The van der Waals surface area contributed by atoms with Crippen LogP contribution in [-0.4, -0.2) is 0 Å². The highest BCUT2D eigenvalue weighted by atomic mass is 79.9. The molecule has 0 amide bonds. The zero-order chi connectivity index (χ0) is 12.0. The van der Waals surface area contributed by atoms with E-state index in [0.29, 0.717) is 0 Å². The third kappa shape index (κ3) is 3.35. The lowest BCUT2D eigenvalue weighted by Crippen LogP contribution is -1.78. The molecule has 0 aromatic heterocycles. The molecule has 2 aromatic rings. The second kappa shape index (κ2) is 6.29. The van der Waals surface area contributed by atoms with Crippen LogP contribution in [0.3, 0.4) is 0 Å². The number of halogens is 1. The Bertz CT molecular complexity index is 443. The van der Waals surface area contributed by atoms with Crippen LogP contribution in [-0.2, 0) is 0 Å². The minimum Gasteiger partial charge on any atom is -0.106 e. The molecule has 0 N–H and O–H groups in total. The Kier molecular flexibility index (Phi) is 5.00. The minimum atomic E-state index is 1.12. The van der Waals surface area contributed by atoms with Gasteiger partial charge in [0, 0.05) is 4.47 Å². The first-order valence-corrected chi connectivity index (χ1v) is 5.87. The lowest BCUT2D eigenvalue weighted by atomic mass is 10.0. The van der Waals surface area contributed by atoms with Crippen molar-refractivity contribution in [1.29, 1.82) is 0 Å². The van der Waals surface area contributed by atoms with Crippen molar-refractivity contribution < 1.29 is 0 Å². The monoisotopic (exact) mass is 274 g/mol. The SMILES string of the molecule is C=C.Cc1ccc(-c2cccc(Br)c2)cc1. The molecule has 0 radical (unpaired) electrons. The molecule has 0 atom stereocenters. The molecule has 0 bridgehead atoms. The van der Waals surface area contributed by atoms with E-state index in [-0.39, 0.29) is 0 Å². The van der Waals surface area contributed by atoms with E-state index in [9.17, 15) is 0 Å². The Balaban J connectivity index is 0.000000606. The molecule has 2 rings (SSSR count). The molecular weight excluding hydrogens is 260 g/mol. The summed E-state index contributed by atoms with van der Waals surface area (Å²) in [7, 11) is 0. The summed E-state index contributed by atoms with van der Waals surface area (Å²) < 4.78 is 1.12. The second-order valence-corrected chi connectivity index (χ2v) is 4.29. The first-order chi connectivity index (χ1) is 7.75. The molecule has 16 heavy (non-hydrogen) atoms. The summed E-state index contributed by atoms with van der Waals surface area (Å²) in [6.07, 6.45) is 0. The molecule has 0 fully saturated rings. The minimum absolute atomic E-state index is 1.12. The molecular formula is C15H15Br. The number of hydrogen-bond donors (Lipinski definition) is 0. The predicted octanol–water partition coefficient (Wildman–Crippen LogP) is 5.23. The molecule has 0 aliphatic heterocycles. The molecule has 1 heteroatoms. The second-order valence-electron chi connectivity index (χ2n) is 3.38. The van der Waals surface area contributed by atoms with E-state index in [2.05, 4.69) is 78.5 Å². The van der Waals surface area contributed by atoms with E-state index in [1.807, 2.05) is 6.07 Å². The van der Waals surface area contributed by atoms with Crippen LogP contribution in [0, 0.1) is 6.92 Å². The summed E-state index contributed by atoms with van der Waals surface area (Å²) in [5, 5.41) is 0. The van der Waals surface area contributed by atoms with Crippen LogP contribution in [0.1, 0.15) is 5.56 Å². The fourth-order valence-electron chi connectivity index (χ4n) is 1.41. The molecule has 82 valence electrons. The van der Waals surface area contributed by atoms with Crippen molar-refractivity contribution in [2.75, 3.05) is 0 Å². The summed E-state index contributed by atoms with van der Waals surface area (Å²) in [6, 6.07) is 16.9. The summed E-state index contributed by atoms with van der Waals surface area (Å²) in [6.45, 7) is 8.10. The maximum atomic E-state index is 3.47. The Morgan fingerprint density at radius 2 is 1.50 bits per heavy atom. The van der Waals surface area contributed by atoms with Crippen molar-refractivity contribution >= 4 is 15.9 Å². The van der Waals surface area contributed by atoms with Crippen LogP contribution in [0.5, 0.6) is 0 Å². The number of benzene rings is 2. The predicted molar refractivity (Wildman–Crippen MR) is 75.6 cm³/mol. The van der Waals surface area contributed by atoms with Gasteiger partial charge in [0.15, 0.2) is 0 Å². The highest BCUT2D eigenvalue weighted by Gasteiger charge is 1.96. The van der Waals surface area contributed by atoms with Gasteiger partial charge in [0.2, 0.25) is 0 Å². The largest absolute Gasteiger partial charge is 0.106 e. The fourth-order valence-corrected chi connectivity index (χ4v) is 1.81. The number of rotatable bonds is 1. The van der Waals surface area contributed by atoms with Crippen LogP contribution in [0.2, 0.25) is 0 Å². The average Bonchev–Trinajstić information content (AvgIpc) is 2.32. The molecule has 0 saturated carbocycles. The van der Waals surface area contributed by atoms with Gasteiger partial charge in [-0.15, -0.1) is 13.2 Å². The van der Waals surface area contributed by atoms with Gasteiger partial charge in [0.25, 0.3) is 0 Å². The van der Waals surface area contributed by atoms with Gasteiger partial charge in [-0.1, -0.05) is 57.9 Å². The van der Waals surface area contributed by atoms with E-state index < -0.39 is 0 Å². The summed E-state index contributed by atoms with van der Waals surface area (Å²) >= 11 is 3.47. The van der Waals surface area contributed by atoms with Crippen molar-refractivity contribution in [2.45, 2.75) is 6.92 Å². The number of hydrogen-bond acceptors (Lipinski definition) is 0. The van der Waals surface area contributed by atoms with Crippen molar-refractivity contribution in [3.05, 3.63) is 71.7 Å². The highest BCUT2D eigenvalue weighted by molar-refractivity contribution is 9.10. The van der Waals surface area contributed by atoms with Gasteiger partial charge in [-0.05, 0) is 30.2 Å². The fraction of sp³-hybridized carbons (Fsp3) is 0.0667. The van der Waals surface area contributed by atoms with Gasteiger partial charge in [-0.3, -0.25) is 0 Å². The van der Waals surface area contributed by atoms with Crippen LogP contribution < -0.4 is 0 Å². The molecule has 0 nitrogen and oxygen atoms in total. The average molecular weight is 275 g/mol. The third-order valence-corrected chi connectivity index (χ3v) is 2.70. The molecule has 0 spiro atoms. The van der Waals surface area contributed by atoms with Gasteiger partial charge in [0.1, 0.15) is 0 Å². The van der Waals surface area contributed by atoms with Crippen LogP contribution in [0.15, 0.2) is 66.2 Å². The lowest BCUT2D eigenvalue weighted by molar-refractivity contribution is 1.47. The lowest BCUT2D eigenvalue weighted by Gasteiger charge is -2.02. The number of aryl methyl sites for hydroxylation is 1. The highest BCUT2D eigenvalue weighted by Crippen LogP contribution is 2.22. The van der Waals surface area contributed by atoms with Crippen LogP contribution >= 0.6 is 15.9 Å². The van der Waals surface area contributed by atoms with Gasteiger partial charge in [0.05, 0.1) is 0 Å². The summed E-state index contributed by atoms with van der Waals surface area (Å²) in [5.41, 5.74) is 3.81. The molecule has 0 saturated heterocycles. The Morgan fingerprint density at radius 1 is 0.875 bits per heavy atom. The normalized spacial score (nSPS) is 9.12. The topological polar surface area (TPSA) is 0 Å². The standard InChI is InChI=1S/C13H11Br.C2H4/c1-10-5-7-11(8-6-10)12-3-2-4-13(14)9-12;1-2/h2-9H,1H3;1-2H2. The van der Waals surface area contributed by atoms with Crippen LogP contribution in [0.4, 0.5) is 0 Å². The Hall–Kier alpha value is -1.34.